The van der Waals surface area contributed by atoms with E-state index in [1.165, 1.54) is 7.11 Å². The molecule has 1 aliphatic rings. The van der Waals surface area contributed by atoms with Gasteiger partial charge in [-0.05, 0) is 42.2 Å². The Kier molecular flexibility index (Phi) is 4.85. The van der Waals surface area contributed by atoms with Crippen LogP contribution in [0.15, 0.2) is 36.8 Å². The Morgan fingerprint density at radius 1 is 1.11 bits per heavy atom. The number of halogens is 2. The van der Waals surface area contributed by atoms with Gasteiger partial charge in [-0.3, -0.25) is 0 Å². The molecule has 0 radical (unpaired) electrons. The van der Waals surface area contributed by atoms with Crippen molar-refractivity contribution in [3.8, 4) is 17.4 Å². The number of anilines is 1. The zero-order chi connectivity index (χ0) is 19.7. The molecule has 0 saturated heterocycles. The molecule has 3 aromatic rings. The van der Waals surface area contributed by atoms with E-state index in [0.717, 1.165) is 5.56 Å². The highest BCUT2D eigenvalue weighted by molar-refractivity contribution is 5.53. The van der Waals surface area contributed by atoms with E-state index in [1.807, 2.05) is 6.92 Å². The molecule has 0 spiro atoms. The summed E-state index contributed by atoms with van der Waals surface area (Å²) in [7, 11) is 1.34. The summed E-state index contributed by atoms with van der Waals surface area (Å²) in [5.41, 5.74) is 1.13. The fraction of sp³-hybridized carbons (Fsp3) is 0.300. The van der Waals surface area contributed by atoms with Gasteiger partial charge >= 0.3 is 0 Å². The van der Waals surface area contributed by atoms with E-state index in [9.17, 15) is 8.78 Å². The van der Waals surface area contributed by atoms with Crippen molar-refractivity contribution >= 4 is 5.82 Å². The predicted molar refractivity (Wildman–Crippen MR) is 100 cm³/mol. The van der Waals surface area contributed by atoms with Gasteiger partial charge < -0.3 is 9.64 Å². The maximum Gasteiger partial charge on any atom is 0.200 e. The van der Waals surface area contributed by atoms with Crippen molar-refractivity contribution in [1.29, 1.82) is 0 Å². The highest BCUT2D eigenvalue weighted by Gasteiger charge is 2.32. The van der Waals surface area contributed by atoms with Crippen molar-refractivity contribution in [1.82, 2.24) is 19.9 Å². The third kappa shape index (κ3) is 3.04. The number of methoxy groups -OCH3 is 1. The van der Waals surface area contributed by atoms with Crippen LogP contribution in [0.25, 0.3) is 11.6 Å². The zero-order valence-electron chi connectivity index (χ0n) is 15.6. The first-order chi connectivity index (χ1) is 13.6. The lowest BCUT2D eigenvalue weighted by atomic mass is 9.90. The topological polar surface area (TPSA) is 64.0 Å². The summed E-state index contributed by atoms with van der Waals surface area (Å²) in [5, 5.41) is 0. The minimum absolute atomic E-state index is 0.0855. The second-order valence-corrected chi connectivity index (χ2v) is 6.45. The van der Waals surface area contributed by atoms with E-state index in [0.29, 0.717) is 42.4 Å². The standard InChI is InChI=1S/C20H19F2N5O/c1-3-14-13-11-15(28-2)18(22)17(21)12(13)6-10-27(14)16-5-9-25-20(26-16)19-23-7-4-8-24-19/h4-5,7-9,11,14H,3,6,10H2,1-2H3. The van der Waals surface area contributed by atoms with Crippen molar-refractivity contribution in [2.75, 3.05) is 18.6 Å². The second kappa shape index (κ2) is 7.46. The average Bonchev–Trinajstić information content (AvgIpc) is 2.76. The third-order valence-corrected chi connectivity index (χ3v) is 4.95. The first-order valence-corrected chi connectivity index (χ1v) is 9.05. The van der Waals surface area contributed by atoms with Gasteiger partial charge in [0.25, 0.3) is 0 Å². The van der Waals surface area contributed by atoms with Gasteiger partial charge in [0.1, 0.15) is 5.82 Å². The molecule has 0 N–H and O–H groups in total. The van der Waals surface area contributed by atoms with Crippen molar-refractivity contribution in [3.05, 3.63) is 59.6 Å². The van der Waals surface area contributed by atoms with Crippen molar-refractivity contribution in [2.45, 2.75) is 25.8 Å². The summed E-state index contributed by atoms with van der Waals surface area (Å²) < 4.78 is 33.7. The van der Waals surface area contributed by atoms with Crippen LogP contribution in [0.1, 0.15) is 30.5 Å². The smallest absolute Gasteiger partial charge is 0.200 e. The van der Waals surface area contributed by atoms with Crippen LogP contribution in [0, 0.1) is 11.6 Å². The molecule has 2 aromatic heterocycles. The van der Waals surface area contributed by atoms with Crippen molar-refractivity contribution < 1.29 is 13.5 Å². The number of hydrogen-bond acceptors (Lipinski definition) is 6. The second-order valence-electron chi connectivity index (χ2n) is 6.45. The molecule has 144 valence electrons. The summed E-state index contributed by atoms with van der Waals surface area (Å²) in [6, 6.07) is 4.96. The molecule has 1 atom stereocenters. The molecule has 6 nitrogen and oxygen atoms in total. The van der Waals surface area contributed by atoms with Gasteiger partial charge in [-0.15, -0.1) is 0 Å². The van der Waals surface area contributed by atoms with E-state index in [4.69, 9.17) is 4.74 Å². The van der Waals surface area contributed by atoms with Gasteiger partial charge in [0, 0.05) is 25.1 Å². The predicted octanol–water partition coefficient (Wildman–Crippen LogP) is 3.73. The average molecular weight is 383 g/mol. The molecule has 0 aliphatic carbocycles. The van der Waals surface area contributed by atoms with Gasteiger partial charge in [0.15, 0.2) is 23.2 Å². The van der Waals surface area contributed by atoms with Gasteiger partial charge in [-0.2, -0.15) is 4.39 Å². The molecule has 1 unspecified atom stereocenters. The number of ether oxygens (including phenoxy) is 1. The SMILES string of the molecule is CCC1c2cc(OC)c(F)c(F)c2CCN1c1ccnc(-c2ncccn2)n1. The highest BCUT2D eigenvalue weighted by atomic mass is 19.2. The summed E-state index contributed by atoms with van der Waals surface area (Å²) in [5.74, 6) is -0.300. The normalized spacial score (nSPS) is 16.0. The summed E-state index contributed by atoms with van der Waals surface area (Å²) in [6.07, 6.45) is 5.99. The van der Waals surface area contributed by atoms with E-state index >= 15 is 0 Å². The Morgan fingerprint density at radius 2 is 1.86 bits per heavy atom. The number of rotatable bonds is 4. The van der Waals surface area contributed by atoms with Crippen molar-refractivity contribution in [2.24, 2.45) is 0 Å². The van der Waals surface area contributed by atoms with Crippen LogP contribution in [-0.4, -0.2) is 33.6 Å². The van der Waals surface area contributed by atoms with Crippen LogP contribution >= 0.6 is 0 Å². The monoisotopic (exact) mass is 383 g/mol. The summed E-state index contributed by atoms with van der Waals surface area (Å²) >= 11 is 0. The minimum atomic E-state index is -0.935. The third-order valence-electron chi connectivity index (χ3n) is 4.95. The molecular formula is C20H19F2N5O. The first kappa shape index (κ1) is 18.2. The Balaban J connectivity index is 1.76. The van der Waals surface area contributed by atoms with Gasteiger partial charge in [-0.1, -0.05) is 6.92 Å². The molecule has 0 saturated carbocycles. The van der Waals surface area contributed by atoms with Gasteiger partial charge in [0.05, 0.1) is 13.2 Å². The van der Waals surface area contributed by atoms with E-state index in [-0.39, 0.29) is 11.8 Å². The quantitative estimate of drug-likeness (QED) is 0.684. The first-order valence-electron chi connectivity index (χ1n) is 9.05. The molecule has 28 heavy (non-hydrogen) atoms. The zero-order valence-corrected chi connectivity index (χ0v) is 15.6. The van der Waals surface area contributed by atoms with Crippen LogP contribution in [0.2, 0.25) is 0 Å². The maximum atomic E-state index is 14.5. The fourth-order valence-electron chi connectivity index (χ4n) is 3.66. The minimum Gasteiger partial charge on any atom is -0.494 e. The number of fused-ring (bicyclic) bond motifs is 1. The summed E-state index contributed by atoms with van der Waals surface area (Å²) in [4.78, 5) is 19.3. The summed E-state index contributed by atoms with van der Waals surface area (Å²) in [6.45, 7) is 2.52. The molecule has 3 heterocycles. The Bertz CT molecular complexity index is 999. The molecule has 0 fully saturated rings. The number of hydrogen-bond donors (Lipinski definition) is 0. The lowest BCUT2D eigenvalue weighted by Gasteiger charge is -2.38. The van der Waals surface area contributed by atoms with Crippen LogP contribution in [0.3, 0.4) is 0 Å². The molecule has 0 bridgehead atoms. The van der Waals surface area contributed by atoms with Crippen molar-refractivity contribution in [3.63, 3.8) is 0 Å². The van der Waals surface area contributed by atoms with Gasteiger partial charge in [-0.25, -0.2) is 24.3 Å². The Morgan fingerprint density at radius 3 is 2.57 bits per heavy atom. The van der Waals surface area contributed by atoms with E-state index < -0.39 is 11.6 Å². The Labute approximate surface area is 161 Å². The fourth-order valence-corrected chi connectivity index (χ4v) is 3.66. The van der Waals surface area contributed by atoms with E-state index in [2.05, 4.69) is 24.8 Å². The van der Waals surface area contributed by atoms with Crippen LogP contribution in [0.5, 0.6) is 5.75 Å². The molecule has 1 aliphatic heterocycles. The molecule has 4 rings (SSSR count). The number of aromatic nitrogens is 4. The van der Waals surface area contributed by atoms with E-state index in [1.54, 1.807) is 36.8 Å². The van der Waals surface area contributed by atoms with Gasteiger partial charge in [0.2, 0.25) is 5.82 Å². The lowest BCUT2D eigenvalue weighted by molar-refractivity contribution is 0.365. The lowest BCUT2D eigenvalue weighted by Crippen LogP contribution is -2.36. The highest BCUT2D eigenvalue weighted by Crippen LogP contribution is 2.39. The maximum absolute atomic E-state index is 14.5. The molecular weight excluding hydrogens is 364 g/mol. The molecule has 1 aromatic carbocycles. The molecule has 8 heteroatoms. The van der Waals surface area contributed by atoms with Crippen LogP contribution < -0.4 is 9.64 Å². The number of benzene rings is 1. The largest absolute Gasteiger partial charge is 0.494 e. The Hall–Kier alpha value is -3.16. The van der Waals surface area contributed by atoms with Crippen LogP contribution in [0.4, 0.5) is 14.6 Å². The molecule has 0 amide bonds. The van der Waals surface area contributed by atoms with Crippen LogP contribution in [-0.2, 0) is 6.42 Å². The number of nitrogens with zero attached hydrogens (tertiary/aromatic N) is 5.